The zero-order chi connectivity index (χ0) is 112. The zero-order valence-electron chi connectivity index (χ0n) is 94.9. The normalized spacial score (nSPS) is 13.6. The maximum Gasteiger partial charge on any atom is 0.243 e. The lowest BCUT2D eigenvalue weighted by Gasteiger charge is -2.40. The summed E-state index contributed by atoms with van der Waals surface area (Å²) in [6, 6.07) is 91.9. The maximum atomic E-state index is 12.6. The van der Waals surface area contributed by atoms with Gasteiger partial charge in [-0.25, -0.2) is 30.9 Å². The third kappa shape index (κ3) is 52.1. The van der Waals surface area contributed by atoms with Gasteiger partial charge in [-0.15, -0.1) is 43.1 Å². The van der Waals surface area contributed by atoms with Crippen LogP contribution in [0, 0.1) is 164 Å². The Hall–Kier alpha value is -8.84. The van der Waals surface area contributed by atoms with Gasteiger partial charge in [-0.2, -0.15) is 4.31 Å². The van der Waals surface area contributed by atoms with E-state index in [9.17, 15) is 49.2 Å². The van der Waals surface area contributed by atoms with Gasteiger partial charge < -0.3 is 4.90 Å². The lowest BCUT2D eigenvalue weighted by Crippen LogP contribution is -2.35. The Morgan fingerprint density at radius 1 is 0.389 bits per heavy atom. The molecule has 2 heterocycles. The number of benzene rings is 13. The van der Waals surface area contributed by atoms with E-state index in [0.29, 0.717) is 55.6 Å². The van der Waals surface area contributed by atoms with Gasteiger partial charge in [0, 0.05) is 68.4 Å². The van der Waals surface area contributed by atoms with Crippen molar-refractivity contribution >= 4 is 76.3 Å². The van der Waals surface area contributed by atoms with Crippen molar-refractivity contribution in [1.29, 1.82) is 0 Å². The molecule has 0 saturated carbocycles. The highest BCUT2D eigenvalue weighted by molar-refractivity contribution is 8.23. The summed E-state index contributed by atoms with van der Waals surface area (Å²) in [7, 11) is -8.87. The van der Waals surface area contributed by atoms with Crippen LogP contribution in [-0.2, 0) is 16.4 Å². The topological polar surface area (TPSA) is 233 Å². The molecule has 13 aromatic rings. The molecule has 0 aromatic heterocycles. The predicted octanol–water partition coefficient (Wildman–Crippen LogP) is 35.6. The first-order valence-corrected chi connectivity index (χ1v) is 59.6. The molecule has 24 heteroatoms. The Kier molecular flexibility index (Phi) is 61.6. The lowest BCUT2D eigenvalue weighted by molar-refractivity contribution is 0.378. The van der Waals surface area contributed by atoms with E-state index >= 15 is 0 Å². The van der Waals surface area contributed by atoms with Crippen LogP contribution in [-0.4, -0.2) is 135 Å². The average molecular weight is 2180 g/mol. The monoisotopic (exact) mass is 2170 g/mol. The average Bonchev–Trinajstić information content (AvgIpc) is 1.67. The Labute approximate surface area is 916 Å². The minimum absolute atomic E-state index is 0.0429. The molecule has 0 spiro atoms. The third-order valence-corrected chi connectivity index (χ3v) is 34.4. The fraction of sp³-hybridized carbons (Fsp3) is 0.376. The minimum atomic E-state index is -3.28. The molecule has 16 nitrogen and oxygen atoms in total. The first kappa shape index (κ1) is 134. The highest BCUT2D eigenvalue weighted by Crippen LogP contribution is 2.54. The molecule has 2 aliphatic heterocycles. The molecule has 0 amide bonds. The van der Waals surface area contributed by atoms with Crippen LogP contribution >= 0.6 is 66.3 Å². The van der Waals surface area contributed by atoms with Crippen LogP contribution in [0.15, 0.2) is 310 Å². The summed E-state index contributed by atoms with van der Waals surface area (Å²) in [5, 5.41) is 1.64. The second-order valence-electron chi connectivity index (χ2n) is 39.5. The van der Waals surface area contributed by atoms with Crippen molar-refractivity contribution in [1.82, 2.24) is 27.3 Å². The summed E-state index contributed by atoms with van der Waals surface area (Å²) in [4.78, 5) is 4.71. The minimum Gasteiger partial charge on any atom is -0.308 e. The van der Waals surface area contributed by atoms with E-state index in [1.807, 2.05) is 227 Å². The van der Waals surface area contributed by atoms with Gasteiger partial charge in [0.25, 0.3) is 0 Å². The number of nitrogens with zero attached hydrogens (tertiary/aromatic N) is 4. The summed E-state index contributed by atoms with van der Waals surface area (Å²) >= 11 is 11.3. The molecule has 2 aliphatic rings. The van der Waals surface area contributed by atoms with Crippen molar-refractivity contribution in [3.63, 3.8) is 0 Å². The van der Waals surface area contributed by atoms with Crippen LogP contribution in [0.3, 0.4) is 0 Å². The Balaban J connectivity index is 0.000000418. The number of halogens is 3. The van der Waals surface area contributed by atoms with Crippen LogP contribution < -0.4 is 9.44 Å². The fourth-order valence-electron chi connectivity index (χ4n) is 14.6. The van der Waals surface area contributed by atoms with Gasteiger partial charge >= 0.3 is 0 Å². The molecule has 149 heavy (non-hydrogen) atoms. The summed E-state index contributed by atoms with van der Waals surface area (Å²) < 4.78 is 128. The molecule has 0 bridgehead atoms. The largest absolute Gasteiger partial charge is 0.308 e. The van der Waals surface area contributed by atoms with Crippen LogP contribution in [0.4, 0.5) is 4.39 Å². The number of rotatable bonds is 19. The van der Waals surface area contributed by atoms with Crippen molar-refractivity contribution in [3.8, 4) is 0 Å². The van der Waals surface area contributed by atoms with Gasteiger partial charge in [-0.3, -0.25) is 36.4 Å². The molecule has 15 rings (SSSR count). The van der Waals surface area contributed by atoms with Gasteiger partial charge in [0.05, 0.1) is 24.5 Å². The Morgan fingerprint density at radius 2 is 0.765 bits per heavy atom. The van der Waals surface area contributed by atoms with Gasteiger partial charge in [0.1, 0.15) is 5.82 Å². The number of hydrogen-bond acceptors (Lipinski definition) is 15. The maximum absolute atomic E-state index is 12.6. The standard InChI is InChI=1S/C13H19NO2S.C12H19NO2S.C12H21NO2S.C11H20N2O2S.C10H17NO2S.5C9H12.C8H9F.2C7H7Cl/c1-3-12-5-4-10-14(12)17(15,16)13-8-6-11(2)7-9-13;1-10-3-5-12(6-4-10)16(14,15)13-8-7-11(2)9-13;1-4-5-10-13(3)16(14,15)12-8-6-11(2)7-9-12;1-10-4-6-11(7-5-10)16(14,15)12-8-9-13(2)3;1-8(2)11-14(12,13)10-6-4-9(3)5-7-10;1-7-4-8(2)6-9(3)5-7;2*1-7-4-5-8(2)9(3)6-7;1-7-5-4-6-8(2)9(7)3;1-3-9-6-4-8(2)5-7-9;1-6-3-4-7(2)8(9)5-6;1-6-2-4-7(8)5-3-6;1-6-4-2-3-5-7(6)8/h6-9,12H,3-5,10H2,1-2H3;3-6,11,14-15H,7-9H2,1-2H3;6-9,14-15H,4-5,10H2,1-3H3;4-7,12,14-15H,8-9H2,1-3H3;4-8,11-13H,1-3H3;4*4-6H,1-3H3;4-7H,3H2,1-2H3;3-5H,1-2H3;2*2-5H,1H3. The van der Waals surface area contributed by atoms with E-state index in [2.05, 4.69) is 217 Å². The molecule has 10 N–H and O–H groups in total. The second kappa shape index (κ2) is 68.3. The summed E-state index contributed by atoms with van der Waals surface area (Å²) in [5.74, 6) is 0.437. The molecule has 13 aromatic carbocycles. The quantitative estimate of drug-likeness (QED) is 0.0363. The van der Waals surface area contributed by atoms with Crippen molar-refractivity contribution in [2.24, 2.45) is 5.92 Å². The second-order valence-corrected chi connectivity index (χ2v) is 50.0. The molecule has 2 saturated heterocycles. The first-order valence-electron chi connectivity index (χ1n) is 51.3. The SMILES string of the molecule is CCC1CCCN1S(=O)(=O)c1ccc(C)cc1.CCCCN(C)S(O)(O)c1ccc(C)cc1.CCc1ccc(C)cc1.Cc1cc(C)cc(C)c1.Cc1ccc(C)c(C)c1.Cc1ccc(C)c(C)c1.Cc1ccc(C)c(F)c1.Cc1ccc(Cl)cc1.Cc1ccc(S(O)(O)N2CCC(C)C2)cc1.Cc1ccc(S(O)(O)NC(C)C)cc1.Cc1ccc(S(O)(O)NCCN(C)C)cc1.Cc1cccc(C)c1C.Cc1ccccc1Cl. The smallest absolute Gasteiger partial charge is 0.243 e. The molecule has 0 radical (unpaired) electrons. The molecular formula is C125H179Cl2FN6O10S5. The molecule has 2 fully saturated rings. The molecule has 2 atom stereocenters. The number of likely N-dealkylation sites (N-methyl/N-ethyl adjacent to an activating group) is 1. The van der Waals surface area contributed by atoms with E-state index in [1.165, 1.54) is 89.5 Å². The fourth-order valence-corrected chi connectivity index (χ4v) is 21.9. The zero-order valence-corrected chi connectivity index (χ0v) is 101. The van der Waals surface area contributed by atoms with Crippen LogP contribution in [0.1, 0.15) is 208 Å². The Bertz CT molecular complexity index is 5900. The van der Waals surface area contributed by atoms with E-state index in [1.54, 1.807) is 77.2 Å². The van der Waals surface area contributed by atoms with E-state index in [-0.39, 0.29) is 17.9 Å². The van der Waals surface area contributed by atoms with Crippen molar-refractivity contribution in [3.05, 3.63) is 429 Å². The van der Waals surface area contributed by atoms with Crippen molar-refractivity contribution in [2.75, 3.05) is 60.4 Å². The van der Waals surface area contributed by atoms with Gasteiger partial charge in [0.15, 0.2) is 0 Å². The number of aryl methyl sites for hydroxylation is 22. The Morgan fingerprint density at radius 3 is 1.11 bits per heavy atom. The van der Waals surface area contributed by atoms with Gasteiger partial charge in [-0.05, 0) is 371 Å². The number of nitrogens with one attached hydrogen (secondary N) is 2. The summed E-state index contributed by atoms with van der Waals surface area (Å²) in [6.45, 7) is 61.7. The summed E-state index contributed by atoms with van der Waals surface area (Å²) in [5.41, 5.74) is 28.8. The first-order chi connectivity index (χ1) is 69.8. The van der Waals surface area contributed by atoms with Crippen LogP contribution in [0.5, 0.6) is 0 Å². The van der Waals surface area contributed by atoms with Gasteiger partial charge in [-0.1, -0.05) is 324 Å². The third-order valence-electron chi connectivity index (χ3n) is 24.6. The molecule has 820 valence electrons. The summed E-state index contributed by atoms with van der Waals surface area (Å²) in [6.07, 6.45) is 7.06. The van der Waals surface area contributed by atoms with Crippen molar-refractivity contribution < 1.29 is 49.2 Å². The molecule has 0 aliphatic carbocycles. The van der Waals surface area contributed by atoms with E-state index in [4.69, 9.17) is 23.2 Å². The van der Waals surface area contributed by atoms with E-state index < -0.39 is 53.1 Å². The van der Waals surface area contributed by atoms with Gasteiger partial charge in [0.2, 0.25) is 10.0 Å². The number of sulfonamides is 1. The van der Waals surface area contributed by atoms with Crippen LogP contribution in [0.2, 0.25) is 10.0 Å². The molecular weight excluding hydrogens is 2000 g/mol. The highest BCUT2D eigenvalue weighted by atomic mass is 35.5. The highest BCUT2D eigenvalue weighted by Gasteiger charge is 2.35. The molecule has 2 unspecified atom stereocenters. The van der Waals surface area contributed by atoms with E-state index in [0.717, 1.165) is 114 Å². The van der Waals surface area contributed by atoms with Crippen molar-refractivity contribution in [2.45, 2.75) is 275 Å². The predicted molar refractivity (Wildman–Crippen MR) is 647 cm³/mol. The lowest BCUT2D eigenvalue weighted by atomic mass is 10.1. The number of hydrogen-bond donors (Lipinski definition) is 10. The van der Waals surface area contributed by atoms with Crippen LogP contribution in [0.25, 0.3) is 0 Å². The number of unbranched alkanes of at least 4 members (excludes halogenated alkanes) is 1.